The number of hydrogen-bond acceptors (Lipinski definition) is 8. The maximum absolute atomic E-state index is 12.1. The average molecular weight is 397 g/mol. The van der Waals surface area contributed by atoms with E-state index in [0.717, 1.165) is 51.1 Å². The van der Waals surface area contributed by atoms with Crippen LogP contribution in [0.15, 0.2) is 30.7 Å². The summed E-state index contributed by atoms with van der Waals surface area (Å²) >= 11 is 0. The summed E-state index contributed by atoms with van der Waals surface area (Å²) in [5, 5.41) is 12.1. The molecule has 4 rings (SSSR count). The molecular weight excluding hydrogens is 370 g/mol. The first-order chi connectivity index (χ1) is 14.2. The second-order valence-corrected chi connectivity index (χ2v) is 7.54. The van der Waals surface area contributed by atoms with Gasteiger partial charge < -0.3 is 14.7 Å². The van der Waals surface area contributed by atoms with Gasteiger partial charge in [0, 0.05) is 45.0 Å². The van der Waals surface area contributed by atoms with Crippen molar-refractivity contribution in [2.45, 2.75) is 38.6 Å². The zero-order valence-electron chi connectivity index (χ0n) is 16.8. The molecule has 2 saturated heterocycles. The van der Waals surface area contributed by atoms with Crippen molar-refractivity contribution in [2.75, 3.05) is 47.4 Å². The predicted molar refractivity (Wildman–Crippen MR) is 113 cm³/mol. The van der Waals surface area contributed by atoms with Crippen LogP contribution in [0, 0.1) is 10.1 Å². The van der Waals surface area contributed by atoms with Crippen molar-refractivity contribution in [3.63, 3.8) is 0 Å². The Morgan fingerprint density at radius 1 is 1.03 bits per heavy atom. The van der Waals surface area contributed by atoms with Crippen LogP contribution in [-0.2, 0) is 0 Å². The summed E-state index contributed by atoms with van der Waals surface area (Å²) in [5.74, 6) is 1.84. The number of anilines is 3. The lowest BCUT2D eigenvalue weighted by Gasteiger charge is -2.37. The standard InChI is InChI=1S/C20H27N7O2/c1-2-16-7-4-6-10-26(16)20-18(27(28)29)19(22-15-23-20)25-13-11-24(12-14-25)17-8-3-5-9-21-17/h3,5,8-9,15-16H,2,4,6-7,10-14H2,1H3. The molecule has 0 spiro atoms. The van der Waals surface area contributed by atoms with Crippen LogP contribution in [0.3, 0.4) is 0 Å². The Hall–Kier alpha value is -2.97. The summed E-state index contributed by atoms with van der Waals surface area (Å²) in [5.41, 5.74) is 0.0409. The molecule has 0 radical (unpaired) electrons. The van der Waals surface area contributed by atoms with Crippen molar-refractivity contribution in [3.8, 4) is 0 Å². The van der Waals surface area contributed by atoms with Crippen LogP contribution in [0.2, 0.25) is 0 Å². The SMILES string of the molecule is CCC1CCCCN1c1ncnc(N2CCN(c3ccccn3)CC2)c1[N+](=O)[O-]. The lowest BCUT2D eigenvalue weighted by Crippen LogP contribution is -2.47. The lowest BCUT2D eigenvalue weighted by molar-refractivity contribution is -0.383. The first-order valence-corrected chi connectivity index (χ1v) is 10.4. The first-order valence-electron chi connectivity index (χ1n) is 10.4. The molecule has 29 heavy (non-hydrogen) atoms. The average Bonchev–Trinajstić information content (AvgIpc) is 2.79. The highest BCUT2D eigenvalue weighted by atomic mass is 16.6. The predicted octanol–water partition coefficient (Wildman–Crippen LogP) is 2.88. The molecule has 1 atom stereocenters. The summed E-state index contributed by atoms with van der Waals surface area (Å²) in [4.78, 5) is 31.2. The van der Waals surface area contributed by atoms with E-state index in [-0.39, 0.29) is 10.6 Å². The summed E-state index contributed by atoms with van der Waals surface area (Å²) in [6, 6.07) is 6.16. The molecule has 2 aromatic rings. The van der Waals surface area contributed by atoms with Crippen molar-refractivity contribution in [2.24, 2.45) is 0 Å². The van der Waals surface area contributed by atoms with Gasteiger partial charge >= 0.3 is 5.69 Å². The minimum Gasteiger partial charge on any atom is -0.353 e. The van der Waals surface area contributed by atoms with Crippen molar-refractivity contribution in [1.82, 2.24) is 15.0 Å². The van der Waals surface area contributed by atoms with E-state index in [1.165, 1.54) is 6.33 Å². The Balaban J connectivity index is 1.59. The number of piperidine rings is 1. The largest absolute Gasteiger partial charge is 0.353 e. The van der Waals surface area contributed by atoms with Gasteiger partial charge in [-0.2, -0.15) is 0 Å². The van der Waals surface area contributed by atoms with E-state index in [2.05, 4.69) is 31.7 Å². The molecular formula is C20H27N7O2. The van der Waals surface area contributed by atoms with Crippen LogP contribution in [-0.4, -0.2) is 58.6 Å². The van der Waals surface area contributed by atoms with E-state index in [1.807, 2.05) is 23.1 Å². The van der Waals surface area contributed by atoms with E-state index < -0.39 is 0 Å². The highest BCUT2D eigenvalue weighted by Gasteiger charge is 2.34. The van der Waals surface area contributed by atoms with Gasteiger partial charge in [-0.25, -0.2) is 15.0 Å². The highest BCUT2D eigenvalue weighted by molar-refractivity contribution is 5.72. The van der Waals surface area contributed by atoms with Crippen LogP contribution in [0.1, 0.15) is 32.6 Å². The number of nitro groups is 1. The molecule has 0 amide bonds. The molecule has 1 unspecified atom stereocenters. The van der Waals surface area contributed by atoms with Crippen molar-refractivity contribution in [3.05, 3.63) is 40.8 Å². The summed E-state index contributed by atoms with van der Waals surface area (Å²) in [6.07, 6.45) is 7.47. The van der Waals surface area contributed by atoms with Gasteiger partial charge in [0.05, 0.1) is 4.92 Å². The fraction of sp³-hybridized carbons (Fsp3) is 0.550. The zero-order valence-corrected chi connectivity index (χ0v) is 16.8. The Labute approximate surface area is 170 Å². The molecule has 0 bridgehead atoms. The number of nitrogens with zero attached hydrogens (tertiary/aromatic N) is 7. The van der Waals surface area contributed by atoms with Crippen LogP contribution in [0.4, 0.5) is 23.1 Å². The molecule has 154 valence electrons. The Bertz CT molecular complexity index is 840. The summed E-state index contributed by atoms with van der Waals surface area (Å²) in [7, 11) is 0. The molecule has 0 N–H and O–H groups in total. The van der Waals surface area contributed by atoms with Crippen molar-refractivity contribution >= 4 is 23.1 Å². The van der Waals surface area contributed by atoms with Crippen LogP contribution in [0.5, 0.6) is 0 Å². The van der Waals surface area contributed by atoms with Gasteiger partial charge in [0.25, 0.3) is 0 Å². The van der Waals surface area contributed by atoms with E-state index in [9.17, 15) is 10.1 Å². The van der Waals surface area contributed by atoms with Crippen molar-refractivity contribution in [1.29, 1.82) is 0 Å². The van der Waals surface area contributed by atoms with Crippen LogP contribution >= 0.6 is 0 Å². The van der Waals surface area contributed by atoms with Gasteiger partial charge in [0.15, 0.2) is 0 Å². The normalized spacial score (nSPS) is 20.0. The maximum atomic E-state index is 12.1. The van der Waals surface area contributed by atoms with E-state index in [1.54, 1.807) is 6.20 Å². The summed E-state index contributed by atoms with van der Waals surface area (Å²) in [6.45, 7) is 5.75. The smallest absolute Gasteiger partial charge is 0.353 e. The van der Waals surface area contributed by atoms with Gasteiger partial charge in [0.2, 0.25) is 11.6 Å². The first kappa shape index (κ1) is 19.4. The monoisotopic (exact) mass is 397 g/mol. The molecule has 0 aromatic carbocycles. The van der Waals surface area contributed by atoms with E-state index >= 15 is 0 Å². The molecule has 0 saturated carbocycles. The number of aromatic nitrogens is 3. The molecule has 2 aliphatic heterocycles. The van der Waals surface area contributed by atoms with E-state index in [4.69, 9.17) is 0 Å². The minimum absolute atomic E-state index is 0.0409. The third kappa shape index (κ3) is 3.94. The van der Waals surface area contributed by atoms with Gasteiger partial charge in [-0.05, 0) is 37.8 Å². The van der Waals surface area contributed by atoms with Gasteiger partial charge in [0.1, 0.15) is 12.1 Å². The molecule has 4 heterocycles. The second-order valence-electron chi connectivity index (χ2n) is 7.54. The van der Waals surface area contributed by atoms with Crippen LogP contribution in [0.25, 0.3) is 0 Å². The molecule has 0 aliphatic carbocycles. The molecule has 9 nitrogen and oxygen atoms in total. The van der Waals surface area contributed by atoms with Gasteiger partial charge in [-0.15, -0.1) is 0 Å². The number of piperazine rings is 1. The Morgan fingerprint density at radius 3 is 2.48 bits per heavy atom. The maximum Gasteiger partial charge on any atom is 0.353 e. The fourth-order valence-corrected chi connectivity index (χ4v) is 4.36. The molecule has 2 aromatic heterocycles. The Kier molecular flexibility index (Phi) is 5.73. The van der Waals surface area contributed by atoms with Gasteiger partial charge in [-0.1, -0.05) is 13.0 Å². The topological polar surface area (TPSA) is 91.5 Å². The number of rotatable bonds is 5. The summed E-state index contributed by atoms with van der Waals surface area (Å²) < 4.78 is 0. The number of hydrogen-bond donors (Lipinski definition) is 0. The third-order valence-corrected chi connectivity index (χ3v) is 5.89. The molecule has 2 aliphatic rings. The Morgan fingerprint density at radius 2 is 1.79 bits per heavy atom. The lowest BCUT2D eigenvalue weighted by atomic mass is 10.00. The fourth-order valence-electron chi connectivity index (χ4n) is 4.36. The minimum atomic E-state index is -0.308. The third-order valence-electron chi connectivity index (χ3n) is 5.89. The van der Waals surface area contributed by atoms with Crippen molar-refractivity contribution < 1.29 is 4.92 Å². The molecule has 2 fully saturated rings. The zero-order chi connectivity index (χ0) is 20.2. The van der Waals surface area contributed by atoms with E-state index in [0.29, 0.717) is 30.8 Å². The number of pyridine rings is 1. The highest BCUT2D eigenvalue weighted by Crippen LogP contribution is 2.37. The van der Waals surface area contributed by atoms with Gasteiger partial charge in [-0.3, -0.25) is 10.1 Å². The van der Waals surface area contributed by atoms with Crippen LogP contribution < -0.4 is 14.7 Å². The quantitative estimate of drug-likeness (QED) is 0.562. The second kappa shape index (κ2) is 8.59. The molecule has 9 heteroatoms.